The summed E-state index contributed by atoms with van der Waals surface area (Å²) in [5.74, 6) is 20.8. The molecule has 0 N–H and O–H groups in total. The molecule has 8 aromatic carbocycles. The number of carbonyl (C=O) groups is 7. The van der Waals surface area contributed by atoms with Gasteiger partial charge in [0.25, 0.3) is 0 Å². The third-order valence-electron chi connectivity index (χ3n) is 25.1. The molecule has 7 aliphatic heterocycles. The van der Waals surface area contributed by atoms with Crippen molar-refractivity contribution < 1.29 is 66.7 Å². The predicted molar refractivity (Wildman–Crippen MR) is 583 cm³/mol. The van der Waals surface area contributed by atoms with E-state index < -0.39 is 0 Å². The first-order valence-corrected chi connectivity index (χ1v) is 60.0. The number of ketones is 7. The zero-order chi connectivity index (χ0) is 98.1. The molecule has 0 spiro atoms. The highest BCUT2D eigenvalue weighted by Crippen LogP contribution is 2.40. The number of ether oxygens (including phenoxy) is 7. The minimum Gasteiger partial charge on any atom is -0.497 e. The summed E-state index contributed by atoms with van der Waals surface area (Å²) >= 11 is 0. The van der Waals surface area contributed by atoms with Crippen molar-refractivity contribution in [1.82, 2.24) is 0 Å². The van der Waals surface area contributed by atoms with Gasteiger partial charge in [-0.15, -0.1) is 0 Å². The number of benzene rings is 8. The van der Waals surface area contributed by atoms with Gasteiger partial charge >= 0.3 is 0 Å². The van der Waals surface area contributed by atoms with Crippen LogP contribution < -0.4 is 14.2 Å². The minimum absolute atomic E-state index is 0.00732. The van der Waals surface area contributed by atoms with E-state index in [1.165, 1.54) is 84.8 Å². The Kier molecular flexibility index (Phi) is 45.2. The molecule has 21 heteroatoms. The highest BCUT2D eigenvalue weighted by atomic mass is 32.2. The fourth-order valence-corrected chi connectivity index (χ4v) is 37.6. The third kappa shape index (κ3) is 34.4. The van der Waals surface area contributed by atoms with Crippen molar-refractivity contribution in [1.29, 1.82) is 0 Å². The van der Waals surface area contributed by atoms with Gasteiger partial charge in [0.05, 0.1) is 74.2 Å². The van der Waals surface area contributed by atoms with Gasteiger partial charge in [0.2, 0.25) is 40.5 Å². The van der Waals surface area contributed by atoms with Gasteiger partial charge in [-0.2, -0.15) is 0 Å². The number of fused-ring (bicyclic) bond motifs is 1. The fraction of sp³-hybridized carbons (Fsp3) is 0.535. The number of Topliss-reactive ketones (excluding diaryl/α,β-unsaturated/α-hetero) is 7. The SMILES string of the molecule is CC(C)(C(=O)c1ccccc1)[S+]1CCCC1.CC(C)(C)C(C(=O)c1ccc2ccccc2c1)[S+]1CCOCC1.CC(C)(C)C(C(=O)c1ccccc1)[S+]1CCOCC1.COc1ccc(C(=O)C([S+]2CCCC2)C(C)(C)C)cc1.COc1ccc(C(=O)C([S+]2CCCCC2)C(C)(C)C)cc1.COc1ccc(C(=O)C([S+]2CCOCC2)C(C)(C)C)cc1.O=C(C[S+]1CCOCC1)c1ccccc1. The Labute approximate surface area is 831 Å². The second-order valence-electron chi connectivity index (χ2n) is 41.4. The molecule has 15 rings (SSSR count). The van der Waals surface area contributed by atoms with Gasteiger partial charge in [-0.3, -0.25) is 33.6 Å². The van der Waals surface area contributed by atoms with Gasteiger partial charge in [0.1, 0.15) is 97.8 Å². The zero-order valence-electron chi connectivity index (χ0n) is 84.8. The molecular weight excluding hydrogens is 1820 g/mol. The Morgan fingerprint density at radius 2 is 0.519 bits per heavy atom. The molecule has 8 aromatic rings. The van der Waals surface area contributed by atoms with Crippen LogP contribution in [0, 0.1) is 27.1 Å². The van der Waals surface area contributed by atoms with Gasteiger partial charge in [-0.1, -0.05) is 231 Å². The largest absolute Gasteiger partial charge is 0.497 e. The lowest BCUT2D eigenvalue weighted by Crippen LogP contribution is -2.47. The molecule has 0 amide bonds. The Bertz CT molecular complexity index is 4820. The summed E-state index contributed by atoms with van der Waals surface area (Å²) in [5.41, 5.74) is 5.86. The summed E-state index contributed by atoms with van der Waals surface area (Å²) in [7, 11) is 6.30. The second-order valence-corrected chi connectivity index (χ2v) is 58.3. The standard InChI is InChI=1S/C20H25O2S.C18H27O2S.C17H25O3S.C17H25O2S.C16H23O2S.C14H19OS.C12H15O2S/c1-20(2,3)19(23-12-10-22-11-13-23)18(21)17-9-8-15-6-4-5-7-16(15)14-17;1-18(2,3)17(21-12-6-5-7-13-21)16(19)14-8-10-15(20-4)11-9-14;1-17(2,3)16(21-11-9-20-10-12-21)15(18)13-5-7-14(19-4)8-6-13;1-17(2,3)16(20-11-5-6-12-20)15(18)13-7-9-14(19-4)10-8-13;1-16(2,3)15(19-11-9-18-10-12-19)14(17)13-7-5-4-6-8-13;1-14(2,16-10-6-7-11-16)13(15)12-8-4-3-5-9-12;13-12(11-4-2-1-3-5-11)10-15-8-6-14-7-9-15/h4-9,14,19H,10-13H2,1-3H3;8-11,17H,5-7,12-13H2,1-4H3;5-8,16H,9-12H2,1-4H3;7-10,16H,5-6,11-12H2,1-4H3;4-8,15H,9-12H2,1-3H3;3-5,8-9H,6-7,10-11H2,1-2H3;1-5H,6-10H2/q7*+1. The molecule has 734 valence electrons. The van der Waals surface area contributed by atoms with E-state index in [0.717, 1.165) is 160 Å². The predicted octanol–water partition coefficient (Wildman–Crippen LogP) is 22.3. The number of methoxy groups -OCH3 is 3. The first kappa shape index (κ1) is 112. The topological polar surface area (TPSA) is 184 Å². The summed E-state index contributed by atoms with van der Waals surface area (Å²) in [6, 6.07) is 66.0. The van der Waals surface area contributed by atoms with Crippen LogP contribution in [-0.2, 0) is 95.2 Å². The lowest BCUT2D eigenvalue weighted by molar-refractivity contribution is 0.0936. The van der Waals surface area contributed by atoms with Crippen LogP contribution in [0.2, 0.25) is 0 Å². The van der Waals surface area contributed by atoms with Gasteiger partial charge in [0, 0.05) is 120 Å². The molecule has 0 aromatic heterocycles. The van der Waals surface area contributed by atoms with Gasteiger partial charge in [-0.25, -0.2) is 0 Å². The van der Waals surface area contributed by atoms with E-state index in [1.54, 1.807) is 21.3 Å². The summed E-state index contributed by atoms with van der Waals surface area (Å²) in [6.45, 7) is 43.5. The summed E-state index contributed by atoms with van der Waals surface area (Å²) < 4.78 is 37.0. The van der Waals surface area contributed by atoms with E-state index in [9.17, 15) is 33.6 Å². The normalized spacial score (nSPS) is 18.2. The van der Waals surface area contributed by atoms with Crippen molar-refractivity contribution in [3.63, 3.8) is 0 Å². The molecular formula is C114H159O14S7+7. The van der Waals surface area contributed by atoms with Gasteiger partial charge < -0.3 is 33.2 Å². The van der Waals surface area contributed by atoms with Crippen LogP contribution in [-0.4, -0.2) is 232 Å². The molecule has 7 fully saturated rings. The van der Waals surface area contributed by atoms with Crippen molar-refractivity contribution in [3.8, 4) is 17.2 Å². The minimum atomic E-state index is -0.169. The van der Waals surface area contributed by atoms with E-state index >= 15 is 0 Å². The fourth-order valence-electron chi connectivity index (χ4n) is 18.3. The summed E-state index contributed by atoms with van der Waals surface area (Å²) in [5, 5.41) is 2.87. The van der Waals surface area contributed by atoms with Crippen molar-refractivity contribution in [2.24, 2.45) is 27.1 Å². The Morgan fingerprint density at radius 1 is 0.267 bits per heavy atom. The van der Waals surface area contributed by atoms with Gasteiger partial charge in [0.15, 0.2) is 36.7 Å². The molecule has 0 bridgehead atoms. The van der Waals surface area contributed by atoms with E-state index in [0.29, 0.717) is 34.7 Å². The van der Waals surface area contributed by atoms with Crippen molar-refractivity contribution >= 4 is 128 Å². The summed E-state index contributed by atoms with van der Waals surface area (Å²) in [6.07, 6.45) is 9.06. The maximum Gasteiger partial charge on any atom is 0.217 e. The first-order valence-electron chi connectivity index (χ1n) is 48.5. The van der Waals surface area contributed by atoms with Crippen molar-refractivity contribution in [2.75, 3.05) is 160 Å². The third-order valence-corrected chi connectivity index (χ3v) is 45.8. The molecule has 7 saturated heterocycles. The monoisotopic (exact) mass is 1980 g/mol. The molecule has 135 heavy (non-hydrogen) atoms. The van der Waals surface area contributed by atoms with Crippen molar-refractivity contribution in [3.05, 3.63) is 245 Å². The van der Waals surface area contributed by atoms with E-state index in [-0.39, 0.29) is 146 Å². The summed E-state index contributed by atoms with van der Waals surface area (Å²) in [4.78, 5) is 89.5. The van der Waals surface area contributed by atoms with Crippen LogP contribution in [0.3, 0.4) is 0 Å². The molecule has 7 heterocycles. The van der Waals surface area contributed by atoms with E-state index in [2.05, 4.69) is 142 Å². The lowest BCUT2D eigenvalue weighted by atomic mass is 9.86. The lowest BCUT2D eigenvalue weighted by Gasteiger charge is -2.31. The maximum atomic E-state index is 13.3. The highest BCUT2D eigenvalue weighted by molar-refractivity contribution is 8.00. The zero-order valence-corrected chi connectivity index (χ0v) is 90.5. The number of rotatable bonds is 24. The van der Waals surface area contributed by atoms with Crippen LogP contribution in [0.5, 0.6) is 17.2 Å². The van der Waals surface area contributed by atoms with Crippen LogP contribution >= 0.6 is 0 Å². The van der Waals surface area contributed by atoms with E-state index in [4.69, 9.17) is 33.2 Å². The average molecular weight is 1980 g/mol. The van der Waals surface area contributed by atoms with Crippen LogP contribution in [0.4, 0.5) is 0 Å². The number of hydrogen-bond acceptors (Lipinski definition) is 14. The Balaban J connectivity index is 0.000000177. The Hall–Kier alpha value is -6.60. The molecule has 14 nitrogen and oxygen atoms in total. The van der Waals surface area contributed by atoms with Crippen molar-refractivity contribution in [2.45, 2.75) is 194 Å². The smallest absolute Gasteiger partial charge is 0.217 e. The molecule has 0 radical (unpaired) electrons. The molecule has 0 aliphatic carbocycles. The molecule has 0 saturated carbocycles. The first-order chi connectivity index (χ1) is 64.2. The average Bonchev–Trinajstić information content (AvgIpc) is 1.43. The molecule has 5 atom stereocenters. The maximum absolute atomic E-state index is 13.3. The molecule has 7 aliphatic rings. The molecule has 5 unspecified atom stereocenters. The number of carbonyl (C=O) groups excluding carboxylic acids is 7. The van der Waals surface area contributed by atoms with Gasteiger partial charge in [-0.05, 0) is 170 Å². The van der Waals surface area contributed by atoms with E-state index in [1.807, 2.05) is 182 Å². The van der Waals surface area contributed by atoms with Crippen LogP contribution in [0.15, 0.2) is 206 Å². The second kappa shape index (κ2) is 54.4. The number of hydrogen-bond donors (Lipinski definition) is 0. The van der Waals surface area contributed by atoms with Crippen LogP contribution in [0.1, 0.15) is 235 Å². The Morgan fingerprint density at radius 3 is 0.837 bits per heavy atom. The quantitative estimate of drug-likeness (QED) is 0.0411. The highest BCUT2D eigenvalue weighted by Gasteiger charge is 2.53. The van der Waals surface area contributed by atoms with Crippen LogP contribution in [0.25, 0.3) is 10.8 Å².